The van der Waals surface area contributed by atoms with Crippen LogP contribution >= 0.6 is 11.3 Å². The number of hydrogen-bond acceptors (Lipinski definition) is 5. The maximum Gasteiger partial charge on any atom is 0.387 e. The monoisotopic (exact) mass is 378 g/mol. The number of thiophene rings is 1. The van der Waals surface area contributed by atoms with E-state index in [0.717, 1.165) is 36.1 Å². The van der Waals surface area contributed by atoms with Gasteiger partial charge in [0.25, 0.3) is 5.91 Å². The average molecular weight is 378 g/mol. The van der Waals surface area contributed by atoms with E-state index >= 15 is 0 Å². The standard InChI is InChI=1S/C18H16F2N2O3S/c1-24-14-8-10(6-7-13(14)25-18(19)20)16(23)22-17-12(9-21)11-4-2-3-5-15(11)26-17/h6-8,18H,2-5H2,1H3,(H,22,23). The van der Waals surface area contributed by atoms with Crippen molar-refractivity contribution in [1.29, 1.82) is 5.26 Å². The lowest BCUT2D eigenvalue weighted by atomic mass is 9.96. The summed E-state index contributed by atoms with van der Waals surface area (Å²) in [5.74, 6) is -0.561. The van der Waals surface area contributed by atoms with Crippen molar-refractivity contribution in [1.82, 2.24) is 0 Å². The second-order valence-corrected chi connectivity index (χ2v) is 6.83. The summed E-state index contributed by atoms with van der Waals surface area (Å²) in [6.07, 6.45) is 3.87. The van der Waals surface area contributed by atoms with Gasteiger partial charge in [-0.15, -0.1) is 11.3 Å². The zero-order valence-electron chi connectivity index (χ0n) is 14.0. The number of halogens is 2. The van der Waals surface area contributed by atoms with Crippen LogP contribution in [0.4, 0.5) is 13.8 Å². The van der Waals surface area contributed by atoms with Gasteiger partial charge in [-0.05, 0) is 49.4 Å². The molecule has 0 saturated heterocycles. The number of aryl methyl sites for hydroxylation is 1. The van der Waals surface area contributed by atoms with E-state index in [2.05, 4.69) is 16.1 Å². The highest BCUT2D eigenvalue weighted by atomic mass is 32.1. The molecular weight excluding hydrogens is 362 g/mol. The third-order valence-corrected chi connectivity index (χ3v) is 5.36. The number of nitrogens with one attached hydrogen (secondary N) is 1. The van der Waals surface area contributed by atoms with E-state index in [1.54, 1.807) is 0 Å². The number of carbonyl (C=O) groups excluding carboxylic acids is 1. The first-order chi connectivity index (χ1) is 12.5. The highest BCUT2D eigenvalue weighted by Crippen LogP contribution is 2.38. The first-order valence-corrected chi connectivity index (χ1v) is 8.84. The van der Waals surface area contributed by atoms with E-state index in [1.165, 1.54) is 36.6 Å². The Hall–Kier alpha value is -2.66. The first kappa shape index (κ1) is 18.1. The second kappa shape index (κ2) is 7.70. The summed E-state index contributed by atoms with van der Waals surface area (Å²) >= 11 is 1.42. The van der Waals surface area contributed by atoms with Crippen molar-refractivity contribution in [3.63, 3.8) is 0 Å². The highest BCUT2D eigenvalue weighted by molar-refractivity contribution is 7.16. The molecule has 1 aromatic carbocycles. The molecule has 8 heteroatoms. The number of carbonyl (C=O) groups is 1. The van der Waals surface area contributed by atoms with Gasteiger partial charge in [-0.3, -0.25) is 4.79 Å². The number of rotatable bonds is 5. The van der Waals surface area contributed by atoms with Crippen LogP contribution in [0.15, 0.2) is 18.2 Å². The van der Waals surface area contributed by atoms with Gasteiger partial charge < -0.3 is 14.8 Å². The van der Waals surface area contributed by atoms with E-state index in [0.29, 0.717) is 10.6 Å². The predicted octanol–water partition coefficient (Wildman–Crippen LogP) is 4.36. The van der Waals surface area contributed by atoms with Crippen LogP contribution in [0.1, 0.15) is 39.2 Å². The molecule has 0 bridgehead atoms. The predicted molar refractivity (Wildman–Crippen MR) is 93.3 cm³/mol. The number of methoxy groups -OCH3 is 1. The third kappa shape index (κ3) is 3.63. The van der Waals surface area contributed by atoms with Gasteiger partial charge in [0, 0.05) is 10.4 Å². The molecule has 1 aromatic heterocycles. The Balaban J connectivity index is 1.85. The van der Waals surface area contributed by atoms with Crippen molar-refractivity contribution < 1.29 is 23.0 Å². The van der Waals surface area contributed by atoms with E-state index in [9.17, 15) is 18.8 Å². The summed E-state index contributed by atoms with van der Waals surface area (Å²) in [5.41, 5.74) is 1.76. The van der Waals surface area contributed by atoms with Gasteiger partial charge in [-0.1, -0.05) is 0 Å². The fraction of sp³-hybridized carbons (Fsp3) is 0.333. The van der Waals surface area contributed by atoms with Crippen LogP contribution in [0.25, 0.3) is 0 Å². The molecule has 1 aliphatic carbocycles. The molecule has 0 radical (unpaired) electrons. The Morgan fingerprint density at radius 3 is 2.77 bits per heavy atom. The van der Waals surface area contributed by atoms with Gasteiger partial charge >= 0.3 is 6.61 Å². The van der Waals surface area contributed by atoms with Crippen molar-refractivity contribution in [2.75, 3.05) is 12.4 Å². The molecule has 0 saturated carbocycles. The van der Waals surface area contributed by atoms with Crippen molar-refractivity contribution in [2.24, 2.45) is 0 Å². The van der Waals surface area contributed by atoms with E-state index in [-0.39, 0.29) is 17.1 Å². The van der Waals surface area contributed by atoms with E-state index < -0.39 is 12.5 Å². The van der Waals surface area contributed by atoms with Crippen LogP contribution in [0.5, 0.6) is 11.5 Å². The number of anilines is 1. The first-order valence-electron chi connectivity index (χ1n) is 8.02. The summed E-state index contributed by atoms with van der Waals surface area (Å²) in [4.78, 5) is 13.7. The number of alkyl halides is 2. The molecule has 2 aromatic rings. The number of nitriles is 1. The molecule has 26 heavy (non-hydrogen) atoms. The van der Waals surface area contributed by atoms with Crippen LogP contribution in [0.2, 0.25) is 0 Å². The molecular formula is C18H16F2N2O3S. The van der Waals surface area contributed by atoms with Gasteiger partial charge in [-0.2, -0.15) is 14.0 Å². The lowest BCUT2D eigenvalue weighted by Gasteiger charge is -2.11. The summed E-state index contributed by atoms with van der Waals surface area (Å²) in [6, 6.07) is 6.13. The van der Waals surface area contributed by atoms with Gasteiger partial charge in [0.05, 0.1) is 12.7 Å². The molecule has 0 unspecified atom stereocenters. The zero-order valence-corrected chi connectivity index (χ0v) is 14.8. The quantitative estimate of drug-likeness (QED) is 0.839. The van der Waals surface area contributed by atoms with Gasteiger partial charge in [0.15, 0.2) is 11.5 Å². The molecule has 3 rings (SSSR count). The van der Waals surface area contributed by atoms with Gasteiger partial charge in [-0.25, -0.2) is 0 Å². The second-order valence-electron chi connectivity index (χ2n) is 5.73. The molecule has 0 spiro atoms. The lowest BCUT2D eigenvalue weighted by Crippen LogP contribution is -2.12. The average Bonchev–Trinajstić information content (AvgIpc) is 2.98. The maximum absolute atomic E-state index is 12.5. The SMILES string of the molecule is COc1cc(C(=O)Nc2sc3c(c2C#N)CCCC3)ccc1OC(F)F. The normalized spacial score (nSPS) is 13.0. The Labute approximate surface area is 153 Å². The molecule has 0 aliphatic heterocycles. The molecule has 1 N–H and O–H groups in total. The van der Waals surface area contributed by atoms with Crippen LogP contribution in [-0.2, 0) is 12.8 Å². The number of hydrogen-bond donors (Lipinski definition) is 1. The minimum absolute atomic E-state index is 0.0314. The molecule has 0 fully saturated rings. The topological polar surface area (TPSA) is 71.3 Å². The fourth-order valence-corrected chi connectivity index (χ4v) is 4.18. The number of amides is 1. The molecule has 5 nitrogen and oxygen atoms in total. The summed E-state index contributed by atoms with van der Waals surface area (Å²) in [6.45, 7) is -2.99. The molecule has 136 valence electrons. The zero-order chi connectivity index (χ0) is 18.7. The molecule has 1 aliphatic rings. The fourth-order valence-electron chi connectivity index (χ4n) is 2.95. The van der Waals surface area contributed by atoms with E-state index in [4.69, 9.17) is 4.74 Å². The van der Waals surface area contributed by atoms with Crippen LogP contribution in [-0.4, -0.2) is 19.6 Å². The van der Waals surface area contributed by atoms with Crippen molar-refractivity contribution >= 4 is 22.2 Å². The molecule has 0 atom stereocenters. The largest absolute Gasteiger partial charge is 0.493 e. The van der Waals surface area contributed by atoms with Crippen LogP contribution in [0.3, 0.4) is 0 Å². The number of ether oxygens (including phenoxy) is 2. The number of nitrogens with zero attached hydrogens (tertiary/aromatic N) is 1. The highest BCUT2D eigenvalue weighted by Gasteiger charge is 2.22. The minimum atomic E-state index is -2.99. The van der Waals surface area contributed by atoms with Crippen LogP contribution in [0, 0.1) is 11.3 Å². The smallest absolute Gasteiger partial charge is 0.387 e. The number of fused-ring (bicyclic) bond motifs is 1. The summed E-state index contributed by atoms with van der Waals surface area (Å²) in [7, 11) is 1.30. The Morgan fingerprint density at radius 2 is 2.08 bits per heavy atom. The van der Waals surface area contributed by atoms with Crippen molar-refractivity contribution in [3.8, 4) is 17.6 Å². The summed E-state index contributed by atoms with van der Waals surface area (Å²) < 4.78 is 34.1. The van der Waals surface area contributed by atoms with Gasteiger partial charge in [0.1, 0.15) is 11.1 Å². The van der Waals surface area contributed by atoms with Gasteiger partial charge in [0.2, 0.25) is 0 Å². The molecule has 1 heterocycles. The number of benzene rings is 1. The van der Waals surface area contributed by atoms with Crippen LogP contribution < -0.4 is 14.8 Å². The Morgan fingerprint density at radius 1 is 1.31 bits per heavy atom. The summed E-state index contributed by atoms with van der Waals surface area (Å²) in [5, 5.41) is 12.7. The minimum Gasteiger partial charge on any atom is -0.493 e. The lowest BCUT2D eigenvalue weighted by molar-refractivity contribution is -0.0512. The Kier molecular flexibility index (Phi) is 5.38. The Bertz CT molecular complexity index is 874. The molecule has 1 amide bonds. The van der Waals surface area contributed by atoms with E-state index in [1.807, 2.05) is 0 Å². The third-order valence-electron chi connectivity index (χ3n) is 4.15. The van der Waals surface area contributed by atoms with Crippen molar-refractivity contribution in [3.05, 3.63) is 39.8 Å². The maximum atomic E-state index is 12.5. The van der Waals surface area contributed by atoms with Crippen molar-refractivity contribution in [2.45, 2.75) is 32.3 Å².